The van der Waals surface area contributed by atoms with E-state index in [2.05, 4.69) is 39.6 Å². The van der Waals surface area contributed by atoms with Gasteiger partial charge in [0.15, 0.2) is 0 Å². The molecule has 0 amide bonds. The van der Waals surface area contributed by atoms with Crippen LogP contribution in [0.2, 0.25) is 0 Å². The van der Waals surface area contributed by atoms with Crippen LogP contribution in [0.15, 0.2) is 0 Å². The molecule has 2 atom stereocenters. The Labute approximate surface area is 99.1 Å². The summed E-state index contributed by atoms with van der Waals surface area (Å²) in [5, 5.41) is 0. The molecule has 0 aromatic heterocycles. The van der Waals surface area contributed by atoms with E-state index in [0.717, 1.165) is 6.54 Å². The maximum atomic E-state index is 11.7. The van der Waals surface area contributed by atoms with Gasteiger partial charge in [0.2, 0.25) is 0 Å². The van der Waals surface area contributed by atoms with Crippen molar-refractivity contribution in [3.8, 4) is 0 Å². The average molecular weight is 227 g/mol. The molecule has 0 spiro atoms. The maximum Gasteiger partial charge on any atom is 0.141 e. The molecular weight excluding hydrogens is 202 g/mol. The molecule has 3 nitrogen and oxygen atoms in total. The third-order valence-electron chi connectivity index (χ3n) is 3.69. The molecule has 0 saturated carbocycles. The van der Waals surface area contributed by atoms with E-state index in [4.69, 9.17) is 4.74 Å². The van der Waals surface area contributed by atoms with Crippen LogP contribution in [0.3, 0.4) is 0 Å². The number of Topliss-reactive ketones (excluding diaryl/α,β-unsaturated/α-hetero) is 1. The highest BCUT2D eigenvalue weighted by molar-refractivity contribution is 5.82. The van der Waals surface area contributed by atoms with Gasteiger partial charge in [-0.25, -0.2) is 0 Å². The summed E-state index contributed by atoms with van der Waals surface area (Å²) >= 11 is 0. The van der Waals surface area contributed by atoms with Crippen molar-refractivity contribution in [3.05, 3.63) is 0 Å². The molecule has 0 aliphatic carbocycles. The van der Waals surface area contributed by atoms with Gasteiger partial charge in [-0.15, -0.1) is 0 Å². The fourth-order valence-electron chi connectivity index (χ4n) is 2.02. The summed E-state index contributed by atoms with van der Waals surface area (Å²) in [4.78, 5) is 14.0. The van der Waals surface area contributed by atoms with Crippen LogP contribution in [-0.2, 0) is 9.53 Å². The second-order valence-corrected chi connectivity index (χ2v) is 5.97. The highest BCUT2D eigenvalue weighted by Gasteiger charge is 2.29. The van der Waals surface area contributed by atoms with Gasteiger partial charge in [0, 0.05) is 19.0 Å². The third kappa shape index (κ3) is 3.56. The average Bonchev–Trinajstić information content (AvgIpc) is 2.19. The SMILES string of the molecule is CC(N(C)CC1COCCC1=O)C(C)(C)C. The van der Waals surface area contributed by atoms with Crippen molar-refractivity contribution >= 4 is 5.78 Å². The van der Waals surface area contributed by atoms with Gasteiger partial charge in [-0.2, -0.15) is 0 Å². The number of carbonyl (C=O) groups excluding carboxylic acids is 1. The Bertz CT molecular complexity index is 245. The Kier molecular flexibility index (Phi) is 4.51. The second-order valence-electron chi connectivity index (χ2n) is 5.97. The quantitative estimate of drug-likeness (QED) is 0.738. The van der Waals surface area contributed by atoms with E-state index in [0.29, 0.717) is 31.5 Å². The van der Waals surface area contributed by atoms with Crippen molar-refractivity contribution in [3.63, 3.8) is 0 Å². The predicted molar refractivity (Wildman–Crippen MR) is 65.5 cm³/mol. The van der Waals surface area contributed by atoms with E-state index in [9.17, 15) is 4.79 Å². The molecule has 0 radical (unpaired) electrons. The first kappa shape index (κ1) is 13.7. The van der Waals surface area contributed by atoms with Crippen LogP contribution in [0.25, 0.3) is 0 Å². The molecule has 16 heavy (non-hydrogen) atoms. The minimum Gasteiger partial charge on any atom is -0.380 e. The third-order valence-corrected chi connectivity index (χ3v) is 3.69. The number of nitrogens with zero attached hydrogens (tertiary/aromatic N) is 1. The van der Waals surface area contributed by atoms with Crippen LogP contribution in [0.4, 0.5) is 0 Å². The van der Waals surface area contributed by atoms with Crippen LogP contribution in [0.5, 0.6) is 0 Å². The van der Waals surface area contributed by atoms with Gasteiger partial charge in [-0.3, -0.25) is 4.79 Å². The highest BCUT2D eigenvalue weighted by atomic mass is 16.5. The summed E-state index contributed by atoms with van der Waals surface area (Å²) in [5.74, 6) is 0.433. The number of rotatable bonds is 3. The first-order valence-electron chi connectivity index (χ1n) is 6.13. The van der Waals surface area contributed by atoms with Crippen molar-refractivity contribution in [2.45, 2.75) is 40.2 Å². The maximum absolute atomic E-state index is 11.7. The first-order chi connectivity index (χ1) is 7.32. The molecule has 1 aliphatic heterocycles. The van der Waals surface area contributed by atoms with E-state index in [-0.39, 0.29) is 11.3 Å². The van der Waals surface area contributed by atoms with Crippen LogP contribution < -0.4 is 0 Å². The molecule has 1 aliphatic rings. The molecule has 1 saturated heterocycles. The second kappa shape index (κ2) is 5.28. The largest absolute Gasteiger partial charge is 0.380 e. The van der Waals surface area contributed by atoms with Gasteiger partial charge in [0.05, 0.1) is 19.1 Å². The van der Waals surface area contributed by atoms with Crippen LogP contribution in [0, 0.1) is 11.3 Å². The number of hydrogen-bond acceptors (Lipinski definition) is 3. The normalized spacial score (nSPS) is 24.9. The molecular formula is C13H25NO2. The molecule has 0 N–H and O–H groups in total. The molecule has 0 bridgehead atoms. The fourth-order valence-corrected chi connectivity index (χ4v) is 2.02. The van der Waals surface area contributed by atoms with Gasteiger partial charge in [-0.1, -0.05) is 20.8 Å². The summed E-state index contributed by atoms with van der Waals surface area (Å²) in [6, 6.07) is 0.460. The van der Waals surface area contributed by atoms with Crippen molar-refractivity contribution in [1.82, 2.24) is 4.90 Å². The molecule has 0 aromatic carbocycles. The molecule has 2 unspecified atom stereocenters. The van der Waals surface area contributed by atoms with E-state index < -0.39 is 0 Å². The van der Waals surface area contributed by atoms with E-state index in [1.54, 1.807) is 0 Å². The van der Waals surface area contributed by atoms with E-state index in [1.165, 1.54) is 0 Å². The van der Waals surface area contributed by atoms with Gasteiger partial charge in [0.25, 0.3) is 0 Å². The van der Waals surface area contributed by atoms with Gasteiger partial charge >= 0.3 is 0 Å². The highest BCUT2D eigenvalue weighted by Crippen LogP contribution is 2.24. The Balaban J connectivity index is 2.50. The summed E-state index contributed by atoms with van der Waals surface area (Å²) in [6.07, 6.45) is 0.586. The zero-order chi connectivity index (χ0) is 12.3. The van der Waals surface area contributed by atoms with Crippen molar-refractivity contribution in [2.75, 3.05) is 26.8 Å². The molecule has 94 valence electrons. The van der Waals surface area contributed by atoms with Crippen molar-refractivity contribution in [2.24, 2.45) is 11.3 Å². The Morgan fingerprint density at radius 1 is 1.50 bits per heavy atom. The fraction of sp³-hybridized carbons (Fsp3) is 0.923. The number of ketones is 1. The smallest absolute Gasteiger partial charge is 0.141 e. The lowest BCUT2D eigenvalue weighted by molar-refractivity contribution is -0.131. The predicted octanol–water partition coefficient (Wildman–Crippen LogP) is 1.96. The molecule has 1 heterocycles. The minimum atomic E-state index is 0.0727. The Morgan fingerprint density at radius 2 is 2.12 bits per heavy atom. The van der Waals surface area contributed by atoms with E-state index >= 15 is 0 Å². The number of carbonyl (C=O) groups is 1. The number of ether oxygens (including phenoxy) is 1. The molecule has 0 aromatic rings. The minimum absolute atomic E-state index is 0.0727. The van der Waals surface area contributed by atoms with Crippen LogP contribution in [0.1, 0.15) is 34.1 Å². The van der Waals surface area contributed by atoms with Crippen molar-refractivity contribution < 1.29 is 9.53 Å². The Morgan fingerprint density at radius 3 is 2.62 bits per heavy atom. The Hall–Kier alpha value is -0.410. The molecule has 3 heteroatoms. The van der Waals surface area contributed by atoms with Crippen LogP contribution in [-0.4, -0.2) is 43.5 Å². The van der Waals surface area contributed by atoms with Gasteiger partial charge in [0.1, 0.15) is 5.78 Å². The van der Waals surface area contributed by atoms with E-state index in [1.807, 2.05) is 0 Å². The lowest BCUT2D eigenvalue weighted by Crippen LogP contribution is -2.45. The monoisotopic (exact) mass is 227 g/mol. The number of hydrogen-bond donors (Lipinski definition) is 0. The van der Waals surface area contributed by atoms with Crippen LogP contribution >= 0.6 is 0 Å². The van der Waals surface area contributed by atoms with Gasteiger partial charge in [-0.05, 0) is 19.4 Å². The zero-order valence-electron chi connectivity index (χ0n) is 11.2. The van der Waals surface area contributed by atoms with Crippen molar-refractivity contribution in [1.29, 1.82) is 0 Å². The lowest BCUT2D eigenvalue weighted by atomic mass is 9.86. The summed E-state index contributed by atoms with van der Waals surface area (Å²) in [7, 11) is 2.10. The van der Waals surface area contributed by atoms with Gasteiger partial charge < -0.3 is 9.64 Å². The summed E-state index contributed by atoms with van der Waals surface area (Å²) in [5.41, 5.74) is 0.243. The lowest BCUT2D eigenvalue weighted by Gasteiger charge is -2.37. The zero-order valence-corrected chi connectivity index (χ0v) is 11.2. The summed E-state index contributed by atoms with van der Waals surface area (Å²) in [6.45, 7) is 10.9. The first-order valence-corrected chi connectivity index (χ1v) is 6.13. The molecule has 1 fully saturated rings. The molecule has 1 rings (SSSR count). The summed E-state index contributed by atoms with van der Waals surface area (Å²) < 4.78 is 5.37. The standard InChI is InChI=1S/C13H25NO2/c1-10(13(2,3)4)14(5)8-11-9-16-7-6-12(11)15/h10-11H,6-9H2,1-5H3. The topological polar surface area (TPSA) is 29.5 Å².